The zero-order valence-corrected chi connectivity index (χ0v) is 9.63. The summed E-state index contributed by atoms with van der Waals surface area (Å²) in [7, 11) is 0. The minimum Gasteiger partial charge on any atom is -0.197 e. The van der Waals surface area contributed by atoms with Crippen molar-refractivity contribution in [1.82, 2.24) is 0 Å². The minimum absolute atomic E-state index is 0.141. The number of hydrogen-bond donors (Lipinski definition) is 0. The Labute approximate surface area is 99.0 Å². The number of nitriles is 1. The van der Waals surface area contributed by atoms with Gasteiger partial charge in [0.1, 0.15) is 0 Å². The molecule has 1 fully saturated rings. The number of thiophene rings is 1. The molecule has 1 nitrogen and oxygen atoms in total. The highest BCUT2D eigenvalue weighted by atomic mass is 32.1. The summed E-state index contributed by atoms with van der Waals surface area (Å²) >= 11 is 1.76. The molecule has 0 radical (unpaired) electrons. The minimum atomic E-state index is -0.141. The number of benzene rings is 1. The van der Waals surface area contributed by atoms with Gasteiger partial charge in [-0.2, -0.15) is 5.26 Å². The highest BCUT2D eigenvalue weighted by Gasteiger charge is 2.46. The standard InChI is InChI=1S/C14H11NS/c15-10-14(8-9-14)13-7-6-12(16-13)11-4-2-1-3-5-11/h1-7H,8-9H2. The molecule has 0 unspecified atom stereocenters. The van der Waals surface area contributed by atoms with Crippen LogP contribution in [-0.4, -0.2) is 0 Å². The van der Waals surface area contributed by atoms with Crippen molar-refractivity contribution in [3.8, 4) is 16.5 Å². The number of nitrogens with zero attached hydrogens (tertiary/aromatic N) is 1. The van der Waals surface area contributed by atoms with E-state index in [9.17, 15) is 0 Å². The van der Waals surface area contributed by atoms with Crippen LogP contribution in [-0.2, 0) is 5.41 Å². The predicted molar refractivity (Wildman–Crippen MR) is 66.3 cm³/mol. The van der Waals surface area contributed by atoms with Crippen molar-refractivity contribution in [2.24, 2.45) is 0 Å². The van der Waals surface area contributed by atoms with Crippen molar-refractivity contribution < 1.29 is 0 Å². The molecule has 0 saturated heterocycles. The largest absolute Gasteiger partial charge is 0.197 e. The van der Waals surface area contributed by atoms with Gasteiger partial charge in [0, 0.05) is 9.75 Å². The first kappa shape index (κ1) is 9.62. The lowest BCUT2D eigenvalue weighted by atomic mass is 10.1. The first-order valence-electron chi connectivity index (χ1n) is 5.41. The molecule has 0 amide bonds. The molecular formula is C14H11NS. The van der Waals surface area contributed by atoms with Gasteiger partial charge in [0.15, 0.2) is 0 Å². The van der Waals surface area contributed by atoms with Crippen LogP contribution in [0.4, 0.5) is 0 Å². The van der Waals surface area contributed by atoms with E-state index in [2.05, 4.69) is 30.3 Å². The molecule has 1 heterocycles. The second-order valence-corrected chi connectivity index (χ2v) is 5.31. The SMILES string of the molecule is N#CC1(c2ccc(-c3ccccc3)s2)CC1. The molecule has 0 atom stereocenters. The van der Waals surface area contributed by atoms with Crippen LogP contribution in [0.1, 0.15) is 17.7 Å². The van der Waals surface area contributed by atoms with Crippen LogP contribution in [0, 0.1) is 11.3 Å². The molecule has 0 N–H and O–H groups in total. The third-order valence-corrected chi connectivity index (χ3v) is 4.44. The Kier molecular flexibility index (Phi) is 2.08. The van der Waals surface area contributed by atoms with Gasteiger partial charge in [-0.3, -0.25) is 0 Å². The molecule has 2 aromatic rings. The highest BCUT2D eigenvalue weighted by molar-refractivity contribution is 7.15. The summed E-state index contributed by atoms with van der Waals surface area (Å²) in [6.45, 7) is 0. The van der Waals surface area contributed by atoms with Crippen LogP contribution in [0.2, 0.25) is 0 Å². The van der Waals surface area contributed by atoms with Gasteiger partial charge in [0.05, 0.1) is 11.5 Å². The van der Waals surface area contributed by atoms with E-state index in [1.165, 1.54) is 15.3 Å². The first-order chi connectivity index (χ1) is 7.84. The fraction of sp³-hybridized carbons (Fsp3) is 0.214. The lowest BCUT2D eigenvalue weighted by Gasteiger charge is -1.99. The molecule has 0 aliphatic heterocycles. The Morgan fingerprint density at radius 1 is 1.06 bits per heavy atom. The zero-order chi connectivity index (χ0) is 11.0. The fourth-order valence-electron chi connectivity index (χ4n) is 1.89. The van der Waals surface area contributed by atoms with Gasteiger partial charge in [0.2, 0.25) is 0 Å². The number of rotatable bonds is 2. The first-order valence-corrected chi connectivity index (χ1v) is 6.23. The Morgan fingerprint density at radius 2 is 1.81 bits per heavy atom. The second-order valence-electron chi connectivity index (χ2n) is 4.22. The van der Waals surface area contributed by atoms with E-state index in [0.717, 1.165) is 12.8 Å². The predicted octanol–water partition coefficient (Wildman–Crippen LogP) is 3.97. The van der Waals surface area contributed by atoms with Crippen LogP contribution < -0.4 is 0 Å². The zero-order valence-electron chi connectivity index (χ0n) is 8.81. The van der Waals surface area contributed by atoms with Crippen molar-refractivity contribution in [3.05, 3.63) is 47.3 Å². The Balaban J connectivity index is 1.98. The maximum absolute atomic E-state index is 9.15. The average Bonchev–Trinajstić information content (AvgIpc) is 3.00. The molecule has 2 heteroatoms. The summed E-state index contributed by atoms with van der Waals surface area (Å²) in [5.74, 6) is 0. The normalized spacial score (nSPS) is 16.7. The van der Waals surface area contributed by atoms with E-state index < -0.39 is 0 Å². The molecule has 1 aliphatic carbocycles. The summed E-state index contributed by atoms with van der Waals surface area (Å²) in [5, 5.41) is 9.15. The van der Waals surface area contributed by atoms with Crippen LogP contribution in [0.25, 0.3) is 10.4 Å². The van der Waals surface area contributed by atoms with E-state index >= 15 is 0 Å². The third-order valence-electron chi connectivity index (χ3n) is 3.10. The fourth-order valence-corrected chi connectivity index (χ4v) is 3.10. The molecule has 78 valence electrons. The topological polar surface area (TPSA) is 23.8 Å². The highest BCUT2D eigenvalue weighted by Crippen LogP contribution is 2.50. The van der Waals surface area contributed by atoms with Gasteiger partial charge < -0.3 is 0 Å². The third kappa shape index (κ3) is 1.45. The smallest absolute Gasteiger partial charge is 0.0916 e. The Morgan fingerprint density at radius 3 is 2.44 bits per heavy atom. The van der Waals surface area contributed by atoms with Crippen molar-refractivity contribution in [3.63, 3.8) is 0 Å². The van der Waals surface area contributed by atoms with Crippen LogP contribution in [0.15, 0.2) is 42.5 Å². The Bertz CT molecular complexity index is 544. The Hall–Kier alpha value is -1.59. The molecule has 1 aromatic heterocycles. The van der Waals surface area contributed by atoms with Crippen molar-refractivity contribution in [1.29, 1.82) is 5.26 Å². The van der Waals surface area contributed by atoms with E-state index in [1.807, 2.05) is 18.2 Å². The van der Waals surface area contributed by atoms with E-state index in [4.69, 9.17) is 5.26 Å². The summed E-state index contributed by atoms with van der Waals surface area (Å²) in [6.07, 6.45) is 2.05. The number of hydrogen-bond acceptors (Lipinski definition) is 2. The summed E-state index contributed by atoms with van der Waals surface area (Å²) in [4.78, 5) is 2.49. The van der Waals surface area contributed by atoms with Gasteiger partial charge in [-0.15, -0.1) is 11.3 Å². The molecule has 3 rings (SSSR count). The average molecular weight is 225 g/mol. The summed E-state index contributed by atoms with van der Waals surface area (Å²) < 4.78 is 0. The molecule has 1 aromatic carbocycles. The van der Waals surface area contributed by atoms with Crippen molar-refractivity contribution in [2.75, 3.05) is 0 Å². The van der Waals surface area contributed by atoms with Crippen molar-refractivity contribution in [2.45, 2.75) is 18.3 Å². The van der Waals surface area contributed by atoms with Gasteiger partial charge in [-0.05, 0) is 30.5 Å². The lowest BCUT2D eigenvalue weighted by Crippen LogP contribution is -1.97. The molecule has 0 spiro atoms. The van der Waals surface area contributed by atoms with Gasteiger partial charge in [-0.25, -0.2) is 0 Å². The van der Waals surface area contributed by atoms with Gasteiger partial charge in [-0.1, -0.05) is 30.3 Å². The molecular weight excluding hydrogens is 214 g/mol. The van der Waals surface area contributed by atoms with Crippen LogP contribution in [0.3, 0.4) is 0 Å². The van der Waals surface area contributed by atoms with E-state index in [-0.39, 0.29) is 5.41 Å². The monoisotopic (exact) mass is 225 g/mol. The molecule has 1 saturated carbocycles. The van der Waals surface area contributed by atoms with Gasteiger partial charge >= 0.3 is 0 Å². The molecule has 0 bridgehead atoms. The van der Waals surface area contributed by atoms with E-state index in [0.29, 0.717) is 0 Å². The van der Waals surface area contributed by atoms with E-state index in [1.54, 1.807) is 11.3 Å². The maximum Gasteiger partial charge on any atom is 0.0916 e. The van der Waals surface area contributed by atoms with Crippen LogP contribution in [0.5, 0.6) is 0 Å². The molecule has 1 aliphatic rings. The summed E-state index contributed by atoms with van der Waals surface area (Å²) in [6, 6.07) is 17.0. The molecule has 16 heavy (non-hydrogen) atoms. The second kappa shape index (κ2) is 3.47. The van der Waals surface area contributed by atoms with Gasteiger partial charge in [0.25, 0.3) is 0 Å². The quantitative estimate of drug-likeness (QED) is 0.758. The van der Waals surface area contributed by atoms with Crippen molar-refractivity contribution >= 4 is 11.3 Å². The summed E-state index contributed by atoms with van der Waals surface area (Å²) in [5.41, 5.74) is 1.10. The lowest BCUT2D eigenvalue weighted by molar-refractivity contribution is 0.937. The van der Waals surface area contributed by atoms with Crippen LogP contribution >= 0.6 is 11.3 Å². The maximum atomic E-state index is 9.15.